The van der Waals surface area contributed by atoms with Crippen molar-refractivity contribution in [3.05, 3.63) is 46.3 Å². The van der Waals surface area contributed by atoms with E-state index >= 15 is 0 Å². The van der Waals surface area contributed by atoms with Crippen molar-refractivity contribution in [1.29, 1.82) is 0 Å². The number of aromatic amines is 1. The first-order valence-electron chi connectivity index (χ1n) is 8.90. The third-order valence-electron chi connectivity index (χ3n) is 4.91. The fraction of sp³-hybridized carbons (Fsp3) is 0.400. The van der Waals surface area contributed by atoms with Crippen molar-refractivity contribution in [2.75, 3.05) is 11.4 Å². The van der Waals surface area contributed by atoms with Crippen molar-refractivity contribution < 1.29 is 22.8 Å². The van der Waals surface area contributed by atoms with E-state index in [0.29, 0.717) is 34.7 Å². The van der Waals surface area contributed by atoms with Gasteiger partial charge in [0.15, 0.2) is 5.78 Å². The Morgan fingerprint density at radius 1 is 1.25 bits per heavy atom. The molecular weight excluding hydrogens is 389 g/mol. The molecule has 1 N–H and O–H groups in total. The monoisotopic (exact) mass is 410 g/mol. The lowest BCUT2D eigenvalue weighted by Crippen LogP contribution is -2.33. The van der Waals surface area contributed by atoms with Crippen LogP contribution in [0.4, 0.5) is 18.9 Å². The molecule has 3 rings (SSSR count). The maximum atomic E-state index is 13.3. The molecule has 4 nitrogen and oxygen atoms in total. The number of H-pyrrole nitrogens is 1. The molecule has 0 bridgehead atoms. The van der Waals surface area contributed by atoms with Gasteiger partial charge in [0.1, 0.15) is 5.69 Å². The number of hydrogen-bond acceptors (Lipinski definition) is 3. The Morgan fingerprint density at radius 3 is 2.50 bits per heavy atom. The van der Waals surface area contributed by atoms with E-state index in [9.17, 15) is 22.8 Å². The number of halogens is 3. The van der Waals surface area contributed by atoms with Crippen LogP contribution < -0.4 is 4.90 Å². The quantitative estimate of drug-likeness (QED) is 0.676. The molecule has 1 aliphatic heterocycles. The molecule has 8 heteroatoms. The predicted molar refractivity (Wildman–Crippen MR) is 103 cm³/mol. The van der Waals surface area contributed by atoms with Gasteiger partial charge in [0.25, 0.3) is 5.91 Å². The van der Waals surface area contributed by atoms with Gasteiger partial charge in [0, 0.05) is 27.9 Å². The van der Waals surface area contributed by atoms with E-state index in [1.807, 2.05) is 6.92 Å². The van der Waals surface area contributed by atoms with Crippen LogP contribution in [-0.4, -0.2) is 28.5 Å². The van der Waals surface area contributed by atoms with Gasteiger partial charge in [-0.05, 0) is 51.0 Å². The fourth-order valence-corrected chi connectivity index (χ4v) is 4.64. The molecule has 1 aromatic heterocycles. The highest BCUT2D eigenvalue weighted by molar-refractivity contribution is 8.00. The lowest BCUT2D eigenvalue weighted by Gasteiger charge is -2.23. The number of rotatable bonds is 2. The van der Waals surface area contributed by atoms with Gasteiger partial charge in [-0.2, -0.15) is 13.2 Å². The highest BCUT2D eigenvalue weighted by atomic mass is 32.2. The number of amides is 1. The third-order valence-corrected chi connectivity index (χ3v) is 6.15. The molecule has 0 aliphatic carbocycles. The SMILES string of the molecule is CC(=O)c1c(C)[nH]c(C(=O)N2CC[C@@H](C)Sc3ccc(C(F)(F)F)cc32)c1C. The Bertz CT molecular complexity index is 950. The predicted octanol–water partition coefficient (Wildman–Crippen LogP) is 5.38. The van der Waals surface area contributed by atoms with Crippen LogP contribution in [0.25, 0.3) is 0 Å². The number of alkyl halides is 3. The summed E-state index contributed by atoms with van der Waals surface area (Å²) in [4.78, 5) is 30.1. The van der Waals surface area contributed by atoms with E-state index in [1.165, 1.54) is 29.7 Å². The summed E-state index contributed by atoms with van der Waals surface area (Å²) >= 11 is 1.46. The zero-order valence-electron chi connectivity index (χ0n) is 16.0. The van der Waals surface area contributed by atoms with Gasteiger partial charge in [0.05, 0.1) is 11.3 Å². The molecule has 0 unspecified atom stereocenters. The molecule has 1 aliphatic rings. The number of fused-ring (bicyclic) bond motifs is 1. The summed E-state index contributed by atoms with van der Waals surface area (Å²) in [6, 6.07) is 3.51. The Labute approximate surface area is 165 Å². The average Bonchev–Trinajstić information content (AvgIpc) is 2.78. The summed E-state index contributed by atoms with van der Waals surface area (Å²) in [5.74, 6) is -0.589. The van der Waals surface area contributed by atoms with Gasteiger partial charge < -0.3 is 9.88 Å². The Hall–Kier alpha value is -2.22. The van der Waals surface area contributed by atoms with E-state index in [1.54, 1.807) is 13.8 Å². The van der Waals surface area contributed by atoms with Gasteiger partial charge in [-0.15, -0.1) is 11.8 Å². The van der Waals surface area contributed by atoms with Crippen LogP contribution in [0.5, 0.6) is 0 Å². The van der Waals surface area contributed by atoms with E-state index in [4.69, 9.17) is 0 Å². The van der Waals surface area contributed by atoms with Crippen LogP contribution in [0.3, 0.4) is 0 Å². The number of aryl methyl sites for hydroxylation is 1. The molecule has 0 spiro atoms. The van der Waals surface area contributed by atoms with Crippen molar-refractivity contribution >= 4 is 29.1 Å². The van der Waals surface area contributed by atoms with Gasteiger partial charge >= 0.3 is 6.18 Å². The standard InChI is InChI=1S/C20H21F3N2O2S/c1-10-7-8-25(15-9-14(20(21,22)23)5-6-16(15)28-10)19(27)18-11(2)17(13(4)26)12(3)24-18/h5-6,9-10,24H,7-8H2,1-4H3/t10-/m1/s1. The first kappa shape index (κ1) is 20.5. The lowest BCUT2D eigenvalue weighted by atomic mass is 10.1. The second-order valence-corrected chi connectivity index (χ2v) is 8.52. The topological polar surface area (TPSA) is 53.2 Å². The molecule has 2 heterocycles. The molecule has 1 amide bonds. The molecular formula is C20H21F3N2O2S. The number of Topliss-reactive ketones (excluding diaryl/α,β-unsaturated/α-hetero) is 1. The Morgan fingerprint density at radius 2 is 1.93 bits per heavy atom. The molecule has 1 aromatic carbocycles. The molecule has 1 atom stereocenters. The molecule has 28 heavy (non-hydrogen) atoms. The molecule has 0 saturated carbocycles. The number of carbonyl (C=O) groups excluding carboxylic acids is 2. The molecule has 2 aromatic rings. The second-order valence-electron chi connectivity index (χ2n) is 7.04. The zero-order chi connectivity index (χ0) is 20.8. The number of ketones is 1. The number of nitrogens with one attached hydrogen (secondary N) is 1. The van der Waals surface area contributed by atoms with Crippen LogP contribution in [0.15, 0.2) is 23.1 Å². The second kappa shape index (κ2) is 7.31. The number of hydrogen-bond donors (Lipinski definition) is 1. The Kier molecular flexibility index (Phi) is 5.36. The minimum absolute atomic E-state index is 0.160. The van der Waals surface area contributed by atoms with Gasteiger partial charge in [-0.1, -0.05) is 6.92 Å². The lowest BCUT2D eigenvalue weighted by molar-refractivity contribution is -0.137. The maximum Gasteiger partial charge on any atom is 0.416 e. The van der Waals surface area contributed by atoms with E-state index in [2.05, 4.69) is 4.98 Å². The number of nitrogens with zero attached hydrogens (tertiary/aromatic N) is 1. The highest BCUT2D eigenvalue weighted by Gasteiger charge is 2.34. The minimum atomic E-state index is -4.49. The van der Waals surface area contributed by atoms with Gasteiger partial charge in [-0.3, -0.25) is 9.59 Å². The van der Waals surface area contributed by atoms with Crippen LogP contribution in [0.1, 0.15) is 57.9 Å². The van der Waals surface area contributed by atoms with Crippen LogP contribution in [0.2, 0.25) is 0 Å². The van der Waals surface area contributed by atoms with E-state index in [0.717, 1.165) is 12.1 Å². The fourth-order valence-electron chi connectivity index (χ4n) is 3.55. The van der Waals surface area contributed by atoms with Crippen molar-refractivity contribution in [2.45, 2.75) is 50.4 Å². The summed E-state index contributed by atoms with van der Waals surface area (Å²) in [6.07, 6.45) is -3.85. The first-order valence-corrected chi connectivity index (χ1v) is 9.78. The van der Waals surface area contributed by atoms with Crippen molar-refractivity contribution in [3.63, 3.8) is 0 Å². The summed E-state index contributed by atoms with van der Waals surface area (Å²) in [6.45, 7) is 7.09. The molecule has 0 radical (unpaired) electrons. The summed E-state index contributed by atoms with van der Waals surface area (Å²) < 4.78 is 39.7. The third kappa shape index (κ3) is 3.70. The molecule has 0 saturated heterocycles. The van der Waals surface area contributed by atoms with Crippen LogP contribution in [0, 0.1) is 13.8 Å². The van der Waals surface area contributed by atoms with Gasteiger partial charge in [0.2, 0.25) is 0 Å². The number of aromatic nitrogens is 1. The summed E-state index contributed by atoms with van der Waals surface area (Å²) in [5, 5.41) is 0.160. The largest absolute Gasteiger partial charge is 0.416 e. The van der Waals surface area contributed by atoms with Crippen molar-refractivity contribution in [3.8, 4) is 0 Å². The summed E-state index contributed by atoms with van der Waals surface area (Å²) in [5.41, 5.74) is 1.26. The van der Waals surface area contributed by atoms with Crippen molar-refractivity contribution in [2.24, 2.45) is 0 Å². The number of anilines is 1. The van der Waals surface area contributed by atoms with Crippen LogP contribution in [-0.2, 0) is 6.18 Å². The number of carbonyl (C=O) groups is 2. The van der Waals surface area contributed by atoms with E-state index in [-0.39, 0.29) is 22.4 Å². The van der Waals surface area contributed by atoms with Crippen LogP contribution >= 0.6 is 11.8 Å². The summed E-state index contributed by atoms with van der Waals surface area (Å²) in [7, 11) is 0. The highest BCUT2D eigenvalue weighted by Crippen LogP contribution is 2.41. The average molecular weight is 410 g/mol. The minimum Gasteiger partial charge on any atom is -0.354 e. The molecule has 0 fully saturated rings. The normalized spacial score (nSPS) is 17.2. The molecule has 150 valence electrons. The zero-order valence-corrected chi connectivity index (χ0v) is 16.8. The smallest absolute Gasteiger partial charge is 0.354 e. The van der Waals surface area contributed by atoms with E-state index < -0.39 is 17.6 Å². The first-order chi connectivity index (χ1) is 13.0. The van der Waals surface area contributed by atoms with Gasteiger partial charge in [-0.25, -0.2) is 0 Å². The Balaban J connectivity index is 2.11. The van der Waals surface area contributed by atoms with Crippen molar-refractivity contribution in [1.82, 2.24) is 4.98 Å². The number of thioether (sulfide) groups is 1. The number of benzene rings is 1. The maximum absolute atomic E-state index is 13.3.